The Labute approximate surface area is 194 Å². The van der Waals surface area contributed by atoms with E-state index in [1.54, 1.807) is 17.0 Å². The highest BCUT2D eigenvalue weighted by molar-refractivity contribution is 5.98. The van der Waals surface area contributed by atoms with Crippen molar-refractivity contribution in [2.45, 2.75) is 26.8 Å². The number of hydroxylamine groups is 1. The smallest absolute Gasteiger partial charge is 0.317 e. The van der Waals surface area contributed by atoms with Crippen molar-refractivity contribution < 1.29 is 24.3 Å². The summed E-state index contributed by atoms with van der Waals surface area (Å²) in [6, 6.07) is 13.7. The first-order valence-corrected chi connectivity index (χ1v) is 10.6. The zero-order valence-electron chi connectivity index (χ0n) is 18.0. The third-order valence-electron chi connectivity index (χ3n) is 5.33. The van der Waals surface area contributed by atoms with Crippen molar-refractivity contribution in [3.8, 4) is 11.1 Å². The van der Waals surface area contributed by atoms with Crippen LogP contribution >= 0.6 is 0 Å². The SMILES string of the molecule is C.CCc1ccc(-c2ccc(C(=O)N[C@@H](CNC(=O)N3CCOCC3)C(=O)NO)cc2)cc1. The average molecular weight is 457 g/mol. The summed E-state index contributed by atoms with van der Waals surface area (Å²) in [6.07, 6.45) is 0.967. The monoisotopic (exact) mass is 456 g/mol. The van der Waals surface area contributed by atoms with Gasteiger partial charge in [-0.25, -0.2) is 10.3 Å². The van der Waals surface area contributed by atoms with E-state index in [-0.39, 0.29) is 20.0 Å². The summed E-state index contributed by atoms with van der Waals surface area (Å²) in [4.78, 5) is 38.4. The van der Waals surface area contributed by atoms with Crippen molar-refractivity contribution in [3.63, 3.8) is 0 Å². The van der Waals surface area contributed by atoms with Gasteiger partial charge in [-0.1, -0.05) is 50.7 Å². The standard InChI is InChI=1S/C23H28N4O5.CH4/c1-2-16-3-5-17(6-4-16)18-7-9-19(10-8-18)21(28)25-20(22(29)26-31)15-24-23(30)27-11-13-32-14-12-27;/h3-10,20,31H,2,11-15H2,1H3,(H,24,30)(H,25,28)(H,26,29);1H4/t20-;/m0./s1. The summed E-state index contributed by atoms with van der Waals surface area (Å²) in [6.45, 7) is 3.72. The van der Waals surface area contributed by atoms with E-state index in [2.05, 4.69) is 29.7 Å². The van der Waals surface area contributed by atoms with Crippen LogP contribution < -0.4 is 16.1 Å². The van der Waals surface area contributed by atoms with E-state index < -0.39 is 17.9 Å². The lowest BCUT2D eigenvalue weighted by Crippen LogP contribution is -2.54. The van der Waals surface area contributed by atoms with Crippen LogP contribution in [0.15, 0.2) is 48.5 Å². The van der Waals surface area contributed by atoms with Crippen molar-refractivity contribution >= 4 is 17.8 Å². The van der Waals surface area contributed by atoms with Crippen LogP contribution in [-0.2, 0) is 16.0 Å². The largest absolute Gasteiger partial charge is 0.378 e. The van der Waals surface area contributed by atoms with Gasteiger partial charge in [0, 0.05) is 25.2 Å². The molecule has 9 heteroatoms. The van der Waals surface area contributed by atoms with Crippen LogP contribution in [0.4, 0.5) is 4.79 Å². The molecule has 1 heterocycles. The normalized spacial score (nSPS) is 13.9. The van der Waals surface area contributed by atoms with Crippen LogP contribution in [0.25, 0.3) is 11.1 Å². The van der Waals surface area contributed by atoms with Crippen LogP contribution in [0.5, 0.6) is 0 Å². The van der Waals surface area contributed by atoms with Crippen molar-refractivity contribution in [2.75, 3.05) is 32.8 Å². The van der Waals surface area contributed by atoms with Gasteiger partial charge in [0.05, 0.1) is 13.2 Å². The Morgan fingerprint density at radius 1 is 1.00 bits per heavy atom. The third kappa shape index (κ3) is 7.03. The van der Waals surface area contributed by atoms with Crippen LogP contribution in [0.1, 0.15) is 30.3 Å². The number of urea groups is 1. The number of aryl methyl sites for hydroxylation is 1. The van der Waals surface area contributed by atoms with E-state index in [1.807, 2.05) is 24.3 Å². The van der Waals surface area contributed by atoms with E-state index in [4.69, 9.17) is 9.94 Å². The number of nitrogens with zero attached hydrogens (tertiary/aromatic N) is 1. The summed E-state index contributed by atoms with van der Waals surface area (Å²) < 4.78 is 5.20. The quantitative estimate of drug-likeness (QED) is 0.376. The van der Waals surface area contributed by atoms with E-state index in [1.165, 1.54) is 11.0 Å². The summed E-state index contributed by atoms with van der Waals surface area (Å²) in [5.74, 6) is -1.32. The van der Waals surface area contributed by atoms with E-state index in [0.717, 1.165) is 17.5 Å². The number of ether oxygens (including phenoxy) is 1. The topological polar surface area (TPSA) is 120 Å². The molecular formula is C24H32N4O5. The summed E-state index contributed by atoms with van der Waals surface area (Å²) in [5.41, 5.74) is 5.13. The Balaban J connectivity index is 0.00000385. The van der Waals surface area contributed by atoms with Gasteiger partial charge in [0.25, 0.3) is 11.8 Å². The molecule has 0 saturated carbocycles. The van der Waals surface area contributed by atoms with Gasteiger partial charge >= 0.3 is 6.03 Å². The van der Waals surface area contributed by atoms with Crippen molar-refractivity contribution in [2.24, 2.45) is 0 Å². The molecule has 4 N–H and O–H groups in total. The maximum absolute atomic E-state index is 12.6. The van der Waals surface area contributed by atoms with Crippen LogP contribution in [0.3, 0.4) is 0 Å². The third-order valence-corrected chi connectivity index (χ3v) is 5.33. The molecule has 33 heavy (non-hydrogen) atoms. The fourth-order valence-corrected chi connectivity index (χ4v) is 3.34. The first-order chi connectivity index (χ1) is 15.5. The second-order valence-electron chi connectivity index (χ2n) is 7.42. The Kier molecular flexibility index (Phi) is 9.84. The molecule has 1 aliphatic heterocycles. The molecule has 2 aromatic carbocycles. The van der Waals surface area contributed by atoms with Crippen molar-refractivity contribution in [1.82, 2.24) is 21.0 Å². The van der Waals surface area contributed by atoms with Crippen LogP contribution in [0.2, 0.25) is 0 Å². The highest BCUT2D eigenvalue weighted by atomic mass is 16.5. The summed E-state index contributed by atoms with van der Waals surface area (Å²) in [5, 5.41) is 14.2. The zero-order valence-corrected chi connectivity index (χ0v) is 18.0. The number of carbonyl (C=O) groups excluding carboxylic acids is 3. The van der Waals surface area contributed by atoms with Gasteiger partial charge in [-0.15, -0.1) is 0 Å². The molecule has 178 valence electrons. The van der Waals surface area contributed by atoms with Crippen LogP contribution in [-0.4, -0.2) is 66.8 Å². The van der Waals surface area contributed by atoms with E-state index in [9.17, 15) is 14.4 Å². The lowest BCUT2D eigenvalue weighted by atomic mass is 10.0. The molecule has 1 saturated heterocycles. The Bertz CT molecular complexity index is 925. The Morgan fingerprint density at radius 2 is 1.58 bits per heavy atom. The highest BCUT2D eigenvalue weighted by Gasteiger charge is 2.24. The molecule has 1 fully saturated rings. The van der Waals surface area contributed by atoms with Crippen molar-refractivity contribution in [1.29, 1.82) is 0 Å². The molecule has 0 bridgehead atoms. The molecule has 0 unspecified atom stereocenters. The van der Waals surface area contributed by atoms with Gasteiger partial charge < -0.3 is 20.3 Å². The summed E-state index contributed by atoms with van der Waals surface area (Å²) in [7, 11) is 0. The number of nitrogens with one attached hydrogen (secondary N) is 3. The molecule has 0 radical (unpaired) electrons. The van der Waals surface area contributed by atoms with Gasteiger partial charge in [-0.3, -0.25) is 14.8 Å². The molecule has 1 aliphatic rings. The van der Waals surface area contributed by atoms with Gasteiger partial charge in [0.15, 0.2) is 0 Å². The van der Waals surface area contributed by atoms with Gasteiger partial charge in [0.2, 0.25) is 0 Å². The lowest BCUT2D eigenvalue weighted by molar-refractivity contribution is -0.131. The fraction of sp³-hybridized carbons (Fsp3) is 0.375. The number of hydrogen-bond acceptors (Lipinski definition) is 5. The number of amides is 4. The molecule has 3 rings (SSSR count). The second kappa shape index (κ2) is 12.6. The minimum Gasteiger partial charge on any atom is -0.378 e. The predicted octanol–water partition coefficient (Wildman–Crippen LogP) is 2.20. The lowest BCUT2D eigenvalue weighted by Gasteiger charge is -2.27. The van der Waals surface area contributed by atoms with Crippen LogP contribution in [0, 0.1) is 0 Å². The molecule has 0 aromatic heterocycles. The van der Waals surface area contributed by atoms with Gasteiger partial charge in [-0.05, 0) is 35.2 Å². The molecule has 0 spiro atoms. The fourth-order valence-electron chi connectivity index (χ4n) is 3.34. The predicted molar refractivity (Wildman–Crippen MR) is 125 cm³/mol. The summed E-state index contributed by atoms with van der Waals surface area (Å²) >= 11 is 0. The maximum atomic E-state index is 12.6. The van der Waals surface area contributed by atoms with Gasteiger partial charge in [-0.2, -0.15) is 0 Å². The van der Waals surface area contributed by atoms with Gasteiger partial charge in [0.1, 0.15) is 6.04 Å². The number of morpholine rings is 1. The van der Waals surface area contributed by atoms with E-state index in [0.29, 0.717) is 31.9 Å². The molecule has 0 aliphatic carbocycles. The number of benzene rings is 2. The minimum absolute atomic E-state index is 0. The average Bonchev–Trinajstić information content (AvgIpc) is 2.86. The Hall–Kier alpha value is -3.43. The molecular weight excluding hydrogens is 424 g/mol. The van der Waals surface area contributed by atoms with E-state index >= 15 is 0 Å². The second-order valence-corrected chi connectivity index (χ2v) is 7.42. The Morgan fingerprint density at radius 3 is 2.12 bits per heavy atom. The molecule has 1 atom stereocenters. The first-order valence-electron chi connectivity index (χ1n) is 10.6. The molecule has 2 aromatic rings. The number of carbonyl (C=O) groups is 3. The maximum Gasteiger partial charge on any atom is 0.317 e. The minimum atomic E-state index is -1.14. The zero-order chi connectivity index (χ0) is 22.9. The first kappa shape index (κ1) is 25.8. The van der Waals surface area contributed by atoms with Crippen molar-refractivity contribution in [3.05, 3.63) is 59.7 Å². The number of rotatable bonds is 7. The highest BCUT2D eigenvalue weighted by Crippen LogP contribution is 2.20. The number of hydrogen-bond donors (Lipinski definition) is 4. The molecule has 4 amide bonds. The molecule has 9 nitrogen and oxygen atoms in total.